The van der Waals surface area contributed by atoms with Gasteiger partial charge in [-0.2, -0.15) is 0 Å². The van der Waals surface area contributed by atoms with Crippen LogP contribution in [0.2, 0.25) is 0 Å². The maximum Gasteiger partial charge on any atom is 0.169 e. The molecule has 0 spiro atoms. The third-order valence-electron chi connectivity index (χ3n) is 2.31. The zero-order chi connectivity index (χ0) is 10.7. The molecule has 1 aromatic carbocycles. The largest absolute Gasteiger partial charge is 0.492 e. The summed E-state index contributed by atoms with van der Waals surface area (Å²) in [6.07, 6.45) is 3.90. The number of hydrogen-bond acceptors (Lipinski definition) is 3. The Balaban J connectivity index is 2.33. The third-order valence-corrected chi connectivity index (χ3v) is 2.31. The number of ketones is 1. The van der Waals surface area contributed by atoms with E-state index in [2.05, 4.69) is 0 Å². The van der Waals surface area contributed by atoms with Gasteiger partial charge in [-0.3, -0.25) is 4.79 Å². The predicted molar refractivity (Wildman–Crippen MR) is 57.0 cm³/mol. The number of carbonyl (C=O) groups is 1. The van der Waals surface area contributed by atoms with Crippen LogP contribution in [0.15, 0.2) is 24.3 Å². The molecular weight excluding hydrogens is 192 g/mol. The highest BCUT2D eigenvalue weighted by molar-refractivity contribution is 5.99. The monoisotopic (exact) mass is 204 g/mol. The summed E-state index contributed by atoms with van der Waals surface area (Å²) < 4.78 is 5.40. The van der Waals surface area contributed by atoms with Gasteiger partial charge < -0.3 is 9.84 Å². The highest BCUT2D eigenvalue weighted by Crippen LogP contribution is 2.26. The van der Waals surface area contributed by atoms with Crippen molar-refractivity contribution in [1.29, 1.82) is 0 Å². The number of fused-ring (bicyclic) bond motifs is 1. The van der Waals surface area contributed by atoms with Gasteiger partial charge in [-0.15, -0.1) is 0 Å². The van der Waals surface area contributed by atoms with E-state index in [0.717, 1.165) is 5.56 Å². The summed E-state index contributed by atoms with van der Waals surface area (Å²) in [5, 5.41) is 8.64. The quantitative estimate of drug-likeness (QED) is 0.796. The summed E-state index contributed by atoms with van der Waals surface area (Å²) in [6, 6.07) is 5.43. The van der Waals surface area contributed by atoms with Crippen LogP contribution in [-0.4, -0.2) is 24.1 Å². The highest BCUT2D eigenvalue weighted by atomic mass is 16.5. The van der Waals surface area contributed by atoms with Gasteiger partial charge in [0, 0.05) is 6.42 Å². The summed E-state index contributed by atoms with van der Waals surface area (Å²) in [5.41, 5.74) is 1.58. The molecule has 1 aliphatic heterocycles. The summed E-state index contributed by atoms with van der Waals surface area (Å²) >= 11 is 0. The Morgan fingerprint density at radius 2 is 2.33 bits per heavy atom. The van der Waals surface area contributed by atoms with Crippen LogP contribution in [0.25, 0.3) is 6.08 Å². The minimum absolute atomic E-state index is 0.0108. The average Bonchev–Trinajstić information content (AvgIpc) is 2.26. The van der Waals surface area contributed by atoms with E-state index < -0.39 is 0 Å². The summed E-state index contributed by atoms with van der Waals surface area (Å²) in [5.74, 6) is 0.778. The zero-order valence-corrected chi connectivity index (χ0v) is 8.27. The van der Waals surface area contributed by atoms with Gasteiger partial charge in [0.15, 0.2) is 5.78 Å². The number of aliphatic hydroxyl groups is 1. The standard InChI is InChI=1S/C12H12O3/c13-6-1-2-9-3-4-10-11(14)5-7-15-12(10)8-9/h1-4,8,13H,5-7H2. The van der Waals surface area contributed by atoms with Crippen LogP contribution in [0, 0.1) is 0 Å². The van der Waals surface area contributed by atoms with E-state index in [1.165, 1.54) is 0 Å². The van der Waals surface area contributed by atoms with Gasteiger partial charge >= 0.3 is 0 Å². The van der Waals surface area contributed by atoms with Crippen LogP contribution in [0.3, 0.4) is 0 Å². The Labute approximate surface area is 88.0 Å². The Morgan fingerprint density at radius 1 is 1.47 bits per heavy atom. The van der Waals surface area contributed by atoms with E-state index in [9.17, 15) is 4.79 Å². The maximum atomic E-state index is 11.5. The normalized spacial score (nSPS) is 15.1. The summed E-state index contributed by atoms with van der Waals surface area (Å²) in [7, 11) is 0. The van der Waals surface area contributed by atoms with Gasteiger partial charge in [-0.05, 0) is 17.7 Å². The molecular formula is C12H12O3. The molecule has 15 heavy (non-hydrogen) atoms. The second kappa shape index (κ2) is 4.28. The van der Waals surface area contributed by atoms with E-state index in [4.69, 9.17) is 9.84 Å². The first-order chi connectivity index (χ1) is 7.31. The van der Waals surface area contributed by atoms with Crippen molar-refractivity contribution in [3.63, 3.8) is 0 Å². The van der Waals surface area contributed by atoms with Crippen molar-refractivity contribution in [3.8, 4) is 5.75 Å². The molecule has 0 saturated carbocycles. The maximum absolute atomic E-state index is 11.5. The van der Waals surface area contributed by atoms with E-state index in [1.807, 2.05) is 12.1 Å². The molecule has 1 heterocycles. The van der Waals surface area contributed by atoms with E-state index in [0.29, 0.717) is 24.3 Å². The zero-order valence-electron chi connectivity index (χ0n) is 8.27. The van der Waals surface area contributed by atoms with Crippen LogP contribution in [0.1, 0.15) is 22.3 Å². The number of benzene rings is 1. The second-order valence-corrected chi connectivity index (χ2v) is 3.36. The van der Waals surface area contributed by atoms with Gasteiger partial charge in [-0.25, -0.2) is 0 Å². The minimum atomic E-state index is 0.0108. The van der Waals surface area contributed by atoms with Crippen molar-refractivity contribution in [2.45, 2.75) is 6.42 Å². The molecule has 0 amide bonds. The number of aliphatic hydroxyl groups excluding tert-OH is 1. The first-order valence-corrected chi connectivity index (χ1v) is 4.88. The van der Waals surface area contributed by atoms with Crippen LogP contribution in [-0.2, 0) is 0 Å². The molecule has 0 atom stereocenters. The molecule has 2 rings (SSSR count). The number of hydrogen-bond donors (Lipinski definition) is 1. The Kier molecular flexibility index (Phi) is 2.83. The third kappa shape index (κ3) is 2.07. The molecule has 0 unspecified atom stereocenters. The predicted octanol–water partition coefficient (Wildman–Crippen LogP) is 1.66. The van der Waals surface area contributed by atoms with Gasteiger partial charge in [0.2, 0.25) is 0 Å². The smallest absolute Gasteiger partial charge is 0.169 e. The second-order valence-electron chi connectivity index (χ2n) is 3.36. The minimum Gasteiger partial charge on any atom is -0.492 e. The fraction of sp³-hybridized carbons (Fsp3) is 0.250. The van der Waals surface area contributed by atoms with E-state index in [-0.39, 0.29) is 12.4 Å². The van der Waals surface area contributed by atoms with Crippen molar-refractivity contribution in [3.05, 3.63) is 35.4 Å². The van der Waals surface area contributed by atoms with Crippen LogP contribution in [0.5, 0.6) is 5.75 Å². The van der Waals surface area contributed by atoms with Crippen LogP contribution >= 0.6 is 0 Å². The Bertz CT molecular complexity index is 407. The van der Waals surface area contributed by atoms with Crippen LogP contribution in [0.4, 0.5) is 0 Å². The molecule has 1 aromatic rings. The molecule has 0 bridgehead atoms. The fourth-order valence-electron chi connectivity index (χ4n) is 1.57. The first kappa shape index (κ1) is 9.93. The fourth-order valence-corrected chi connectivity index (χ4v) is 1.57. The molecule has 3 nitrogen and oxygen atoms in total. The number of carbonyl (C=O) groups excluding carboxylic acids is 1. The highest BCUT2D eigenvalue weighted by Gasteiger charge is 2.17. The molecule has 0 saturated heterocycles. The SMILES string of the molecule is O=C1CCOc2cc(C=CCO)ccc21. The van der Waals surface area contributed by atoms with E-state index >= 15 is 0 Å². The molecule has 1 N–H and O–H groups in total. The number of Topliss-reactive ketones (excluding diaryl/α,β-unsaturated/α-hetero) is 1. The summed E-state index contributed by atoms with van der Waals surface area (Å²) in [4.78, 5) is 11.5. The lowest BCUT2D eigenvalue weighted by molar-refractivity contribution is 0.0933. The molecule has 0 aliphatic carbocycles. The molecule has 1 aliphatic rings. The van der Waals surface area contributed by atoms with Crippen molar-refractivity contribution in [2.75, 3.05) is 13.2 Å². The van der Waals surface area contributed by atoms with Gasteiger partial charge in [0.1, 0.15) is 5.75 Å². The first-order valence-electron chi connectivity index (χ1n) is 4.88. The number of ether oxygens (including phenoxy) is 1. The Hall–Kier alpha value is -1.61. The lowest BCUT2D eigenvalue weighted by Crippen LogP contribution is -2.15. The van der Waals surface area contributed by atoms with Crippen molar-refractivity contribution < 1.29 is 14.6 Å². The molecule has 78 valence electrons. The average molecular weight is 204 g/mol. The summed E-state index contributed by atoms with van der Waals surface area (Å²) in [6.45, 7) is 0.468. The molecule has 0 aromatic heterocycles. The van der Waals surface area contributed by atoms with Gasteiger partial charge in [0.05, 0.1) is 18.8 Å². The lowest BCUT2D eigenvalue weighted by Gasteiger charge is -2.16. The number of rotatable bonds is 2. The lowest BCUT2D eigenvalue weighted by atomic mass is 10.0. The Morgan fingerprint density at radius 3 is 3.13 bits per heavy atom. The van der Waals surface area contributed by atoms with Crippen LogP contribution < -0.4 is 4.74 Å². The molecule has 0 fully saturated rings. The molecule has 3 heteroatoms. The van der Waals surface area contributed by atoms with Crippen molar-refractivity contribution in [2.24, 2.45) is 0 Å². The molecule has 0 radical (unpaired) electrons. The topological polar surface area (TPSA) is 46.5 Å². The van der Waals surface area contributed by atoms with Crippen molar-refractivity contribution in [1.82, 2.24) is 0 Å². The van der Waals surface area contributed by atoms with Gasteiger partial charge in [0.25, 0.3) is 0 Å². The van der Waals surface area contributed by atoms with Crippen molar-refractivity contribution >= 4 is 11.9 Å². The van der Waals surface area contributed by atoms with Gasteiger partial charge in [-0.1, -0.05) is 18.2 Å². The van der Waals surface area contributed by atoms with E-state index in [1.54, 1.807) is 18.2 Å².